The number of methoxy groups -OCH3 is 1. The molecule has 2 aromatic carbocycles. The van der Waals surface area contributed by atoms with Gasteiger partial charge in [0, 0.05) is 63.1 Å². The minimum atomic E-state index is -0.0285. The average molecular weight is 566 g/mol. The molecule has 1 fully saturated rings. The molecule has 1 heterocycles. The molecule has 0 aliphatic carbocycles. The van der Waals surface area contributed by atoms with E-state index in [0.717, 1.165) is 49.9 Å². The molecular weight excluding hydrogens is 529 g/mol. The molecule has 180 valence electrons. The van der Waals surface area contributed by atoms with Gasteiger partial charge in [-0.2, -0.15) is 0 Å². The van der Waals surface area contributed by atoms with Crippen LogP contribution in [-0.4, -0.2) is 63.1 Å². The van der Waals surface area contributed by atoms with E-state index < -0.39 is 0 Å². The number of guanidine groups is 1. The highest BCUT2D eigenvalue weighted by molar-refractivity contribution is 14.0. The van der Waals surface area contributed by atoms with Gasteiger partial charge in [-0.3, -0.25) is 9.79 Å². The highest BCUT2D eigenvalue weighted by Crippen LogP contribution is 2.22. The van der Waals surface area contributed by atoms with Crippen LogP contribution in [0.5, 0.6) is 5.75 Å². The Labute approximate surface area is 214 Å². The SMILES string of the molecule is CCC(C)NC(=O)c1cccc(CNC(=NC)N2CCN(c3cccc(OC)c3)CC2)c1.I. The van der Waals surface area contributed by atoms with Crippen LogP contribution in [0.15, 0.2) is 53.5 Å². The fraction of sp³-hybridized carbons (Fsp3) is 0.440. The Hall–Kier alpha value is -2.49. The van der Waals surface area contributed by atoms with Crippen LogP contribution in [0.1, 0.15) is 36.2 Å². The molecule has 1 aliphatic rings. The average Bonchev–Trinajstić information content (AvgIpc) is 2.85. The van der Waals surface area contributed by atoms with Crippen molar-refractivity contribution in [1.82, 2.24) is 15.5 Å². The first kappa shape index (κ1) is 26.8. The number of ether oxygens (including phenoxy) is 1. The Morgan fingerprint density at radius 3 is 2.52 bits per heavy atom. The van der Waals surface area contributed by atoms with Gasteiger partial charge in [-0.25, -0.2) is 0 Å². The number of carbonyl (C=O) groups is 1. The summed E-state index contributed by atoms with van der Waals surface area (Å²) in [6.45, 7) is 8.29. The summed E-state index contributed by atoms with van der Waals surface area (Å²) in [5, 5.41) is 6.47. The summed E-state index contributed by atoms with van der Waals surface area (Å²) in [6, 6.07) is 16.1. The molecular formula is C25H36IN5O2. The molecule has 8 heteroatoms. The van der Waals surface area contributed by atoms with Crippen LogP contribution in [0, 0.1) is 0 Å². The van der Waals surface area contributed by atoms with Crippen LogP contribution in [0.2, 0.25) is 0 Å². The van der Waals surface area contributed by atoms with E-state index in [0.29, 0.717) is 12.1 Å². The summed E-state index contributed by atoms with van der Waals surface area (Å²) in [5.41, 5.74) is 2.92. The minimum absolute atomic E-state index is 0. The van der Waals surface area contributed by atoms with E-state index in [-0.39, 0.29) is 35.9 Å². The zero-order valence-electron chi connectivity index (χ0n) is 20.0. The number of nitrogens with one attached hydrogen (secondary N) is 2. The monoisotopic (exact) mass is 565 g/mol. The Bertz CT molecular complexity index is 929. The first-order valence-electron chi connectivity index (χ1n) is 11.3. The molecule has 0 aromatic heterocycles. The predicted molar refractivity (Wildman–Crippen MR) is 146 cm³/mol. The van der Waals surface area contributed by atoms with E-state index in [1.165, 1.54) is 5.69 Å². The van der Waals surface area contributed by atoms with Crippen LogP contribution < -0.4 is 20.3 Å². The Balaban J connectivity index is 0.00000385. The van der Waals surface area contributed by atoms with E-state index in [1.807, 2.05) is 50.4 Å². The minimum Gasteiger partial charge on any atom is -0.497 e. The van der Waals surface area contributed by atoms with Crippen molar-refractivity contribution in [2.45, 2.75) is 32.9 Å². The van der Waals surface area contributed by atoms with E-state index in [9.17, 15) is 4.79 Å². The number of carbonyl (C=O) groups excluding carboxylic acids is 1. The molecule has 0 bridgehead atoms. The fourth-order valence-corrected chi connectivity index (χ4v) is 3.73. The van der Waals surface area contributed by atoms with Crippen molar-refractivity contribution in [3.63, 3.8) is 0 Å². The molecule has 0 spiro atoms. The maximum absolute atomic E-state index is 12.4. The molecule has 1 amide bonds. The summed E-state index contributed by atoms with van der Waals surface area (Å²) in [5.74, 6) is 1.73. The van der Waals surface area contributed by atoms with Gasteiger partial charge in [0.05, 0.1) is 7.11 Å². The van der Waals surface area contributed by atoms with Crippen LogP contribution in [-0.2, 0) is 6.54 Å². The number of halogens is 1. The van der Waals surface area contributed by atoms with E-state index in [4.69, 9.17) is 4.74 Å². The van der Waals surface area contributed by atoms with Gasteiger partial charge in [0.25, 0.3) is 5.91 Å². The largest absolute Gasteiger partial charge is 0.497 e. The number of piperazine rings is 1. The number of nitrogens with zero attached hydrogens (tertiary/aromatic N) is 3. The van der Waals surface area contributed by atoms with Crippen molar-refractivity contribution in [2.24, 2.45) is 4.99 Å². The van der Waals surface area contributed by atoms with Crippen molar-refractivity contribution < 1.29 is 9.53 Å². The third kappa shape index (κ3) is 7.52. The van der Waals surface area contributed by atoms with Crippen molar-refractivity contribution in [2.75, 3.05) is 45.2 Å². The molecule has 7 nitrogen and oxygen atoms in total. The standard InChI is InChI=1S/C25H35N5O2.HI/c1-5-19(2)28-24(31)21-9-6-8-20(16-21)18-27-25(26-3)30-14-12-29(13-15-30)22-10-7-11-23(17-22)32-4;/h6-11,16-17,19H,5,12-15,18H2,1-4H3,(H,26,27)(H,28,31);1H. The summed E-state index contributed by atoms with van der Waals surface area (Å²) in [6.07, 6.45) is 0.911. The predicted octanol–water partition coefficient (Wildman–Crippen LogP) is 3.74. The summed E-state index contributed by atoms with van der Waals surface area (Å²) in [4.78, 5) is 21.5. The first-order chi connectivity index (χ1) is 15.5. The van der Waals surface area contributed by atoms with Crippen molar-refractivity contribution in [3.05, 3.63) is 59.7 Å². The lowest BCUT2D eigenvalue weighted by Gasteiger charge is -2.37. The van der Waals surface area contributed by atoms with E-state index in [1.54, 1.807) is 7.11 Å². The molecule has 1 atom stereocenters. The van der Waals surface area contributed by atoms with Crippen molar-refractivity contribution >= 4 is 41.5 Å². The third-order valence-corrected chi connectivity index (χ3v) is 5.84. The lowest BCUT2D eigenvalue weighted by Crippen LogP contribution is -2.52. The lowest BCUT2D eigenvalue weighted by molar-refractivity contribution is 0.0939. The first-order valence-corrected chi connectivity index (χ1v) is 11.3. The van der Waals surface area contributed by atoms with Gasteiger partial charge in [0.2, 0.25) is 0 Å². The topological polar surface area (TPSA) is 69.2 Å². The molecule has 1 saturated heterocycles. The zero-order chi connectivity index (χ0) is 22.9. The third-order valence-electron chi connectivity index (χ3n) is 5.84. The maximum Gasteiger partial charge on any atom is 0.251 e. The van der Waals surface area contributed by atoms with Gasteiger partial charge in [0.15, 0.2) is 5.96 Å². The number of amides is 1. The van der Waals surface area contributed by atoms with Gasteiger partial charge in [0.1, 0.15) is 5.75 Å². The Morgan fingerprint density at radius 2 is 1.85 bits per heavy atom. The number of hydrogen-bond donors (Lipinski definition) is 2. The molecule has 2 aromatic rings. The van der Waals surface area contributed by atoms with Crippen molar-refractivity contribution in [3.8, 4) is 5.75 Å². The second-order valence-corrected chi connectivity index (χ2v) is 8.06. The summed E-state index contributed by atoms with van der Waals surface area (Å²) < 4.78 is 5.35. The number of anilines is 1. The van der Waals surface area contributed by atoms with E-state index in [2.05, 4.69) is 44.5 Å². The normalized spacial score (nSPS) is 14.8. The number of rotatable bonds is 7. The number of hydrogen-bond acceptors (Lipinski definition) is 4. The molecule has 0 saturated carbocycles. The van der Waals surface area contributed by atoms with Gasteiger partial charge in [-0.05, 0) is 43.2 Å². The van der Waals surface area contributed by atoms with Crippen LogP contribution in [0.3, 0.4) is 0 Å². The maximum atomic E-state index is 12.4. The van der Waals surface area contributed by atoms with Gasteiger partial charge < -0.3 is 25.2 Å². The van der Waals surface area contributed by atoms with Gasteiger partial charge in [-0.1, -0.05) is 25.1 Å². The highest BCUT2D eigenvalue weighted by atomic mass is 127. The number of aliphatic imine (C=N–C) groups is 1. The molecule has 1 unspecified atom stereocenters. The quantitative estimate of drug-likeness (QED) is 0.304. The molecule has 0 radical (unpaired) electrons. The van der Waals surface area contributed by atoms with Gasteiger partial charge >= 0.3 is 0 Å². The van der Waals surface area contributed by atoms with Crippen LogP contribution in [0.4, 0.5) is 5.69 Å². The molecule has 33 heavy (non-hydrogen) atoms. The molecule has 3 rings (SSSR count). The molecule has 2 N–H and O–H groups in total. The number of benzene rings is 2. The zero-order valence-corrected chi connectivity index (χ0v) is 22.3. The second-order valence-electron chi connectivity index (χ2n) is 8.06. The van der Waals surface area contributed by atoms with Crippen LogP contribution in [0.25, 0.3) is 0 Å². The van der Waals surface area contributed by atoms with E-state index >= 15 is 0 Å². The second kappa shape index (κ2) is 13.3. The molecule has 1 aliphatic heterocycles. The fourth-order valence-electron chi connectivity index (χ4n) is 3.73. The Morgan fingerprint density at radius 1 is 1.12 bits per heavy atom. The summed E-state index contributed by atoms with van der Waals surface area (Å²) in [7, 11) is 3.51. The van der Waals surface area contributed by atoms with Gasteiger partial charge in [-0.15, -0.1) is 24.0 Å². The highest BCUT2D eigenvalue weighted by Gasteiger charge is 2.20. The summed E-state index contributed by atoms with van der Waals surface area (Å²) >= 11 is 0. The lowest BCUT2D eigenvalue weighted by atomic mass is 10.1. The smallest absolute Gasteiger partial charge is 0.251 e. The van der Waals surface area contributed by atoms with Crippen LogP contribution >= 0.6 is 24.0 Å². The Kier molecular flexibility index (Phi) is 10.8. The van der Waals surface area contributed by atoms with Crippen molar-refractivity contribution in [1.29, 1.82) is 0 Å².